The van der Waals surface area contributed by atoms with Gasteiger partial charge in [0.1, 0.15) is 16.9 Å². The molecule has 0 saturated carbocycles. The molecule has 0 aromatic carbocycles. The summed E-state index contributed by atoms with van der Waals surface area (Å²) in [5.74, 6) is 0.908. The number of carbonyl (C=O) groups excluding carboxylic acids is 1. The van der Waals surface area contributed by atoms with Crippen LogP contribution in [-0.2, 0) is 24.1 Å². The molecule has 1 amide bonds. The molecule has 174 valence electrons. The van der Waals surface area contributed by atoms with E-state index >= 15 is 0 Å². The second-order valence-corrected chi connectivity index (χ2v) is 8.35. The molecule has 3 aromatic rings. The maximum absolute atomic E-state index is 12.7. The Bertz CT molecular complexity index is 1190. The van der Waals surface area contributed by atoms with Crippen molar-refractivity contribution in [2.75, 3.05) is 22.6 Å². The second kappa shape index (κ2) is 8.01. The highest BCUT2D eigenvalue weighted by Crippen LogP contribution is 2.36. The van der Waals surface area contributed by atoms with Crippen molar-refractivity contribution < 1.29 is 18.0 Å². The number of aromatic nitrogens is 5. The number of pyridine rings is 1. The van der Waals surface area contributed by atoms with Gasteiger partial charge in [0.15, 0.2) is 5.82 Å². The minimum absolute atomic E-state index is 0.124. The molecule has 33 heavy (non-hydrogen) atoms. The van der Waals surface area contributed by atoms with Gasteiger partial charge in [-0.15, -0.1) is 0 Å². The highest BCUT2D eigenvalue weighted by molar-refractivity contribution is 6.05. The number of nitrogens with one attached hydrogen (secondary N) is 2. The van der Waals surface area contributed by atoms with Gasteiger partial charge in [-0.3, -0.25) is 14.5 Å². The van der Waals surface area contributed by atoms with Crippen LogP contribution in [0.3, 0.4) is 0 Å². The van der Waals surface area contributed by atoms with Gasteiger partial charge in [0.25, 0.3) is 0 Å². The smallest absolute Gasteiger partial charge is 0.350 e. The molecule has 1 aliphatic rings. The molecule has 3 aromatic heterocycles. The van der Waals surface area contributed by atoms with Gasteiger partial charge in [-0.25, -0.2) is 4.98 Å². The average molecular weight is 460 g/mol. The van der Waals surface area contributed by atoms with Crippen LogP contribution >= 0.6 is 0 Å². The number of carbonyl (C=O) groups is 1. The predicted molar refractivity (Wildman–Crippen MR) is 116 cm³/mol. The van der Waals surface area contributed by atoms with Crippen molar-refractivity contribution in [3.05, 3.63) is 53.2 Å². The summed E-state index contributed by atoms with van der Waals surface area (Å²) in [6, 6.07) is 2.34. The summed E-state index contributed by atoms with van der Waals surface area (Å²) < 4.78 is 39.6. The first-order valence-electron chi connectivity index (χ1n) is 10.2. The van der Waals surface area contributed by atoms with Crippen molar-refractivity contribution in [1.82, 2.24) is 24.7 Å². The lowest BCUT2D eigenvalue weighted by atomic mass is 9.99. The third-order valence-electron chi connectivity index (χ3n) is 5.62. The molecule has 0 fully saturated rings. The standard InChI is InChI=1S/C21H23F3N8O/c1-12-16-17(31(4)20(2,3)18(33)29-16)30-19(28-12)26-8-14-9-27-32(11-14)10-13-5-6-15(25-7-13)21(22,23)24/h5-7,9,11H,8,10H2,1-4H3,(H,29,33)(H,26,28,30). The Kier molecular flexibility index (Phi) is 5.46. The maximum Gasteiger partial charge on any atom is 0.433 e. The Morgan fingerprint density at radius 2 is 1.91 bits per heavy atom. The van der Waals surface area contributed by atoms with Crippen molar-refractivity contribution in [3.63, 3.8) is 0 Å². The van der Waals surface area contributed by atoms with Crippen LogP contribution in [0.5, 0.6) is 0 Å². The van der Waals surface area contributed by atoms with Crippen LogP contribution in [0.15, 0.2) is 30.7 Å². The highest BCUT2D eigenvalue weighted by atomic mass is 19.4. The molecule has 2 N–H and O–H groups in total. The maximum atomic E-state index is 12.7. The van der Waals surface area contributed by atoms with E-state index in [1.807, 2.05) is 25.8 Å². The summed E-state index contributed by atoms with van der Waals surface area (Å²) in [4.78, 5) is 26.6. The molecule has 0 spiro atoms. The first kappa shape index (κ1) is 22.5. The minimum atomic E-state index is -4.46. The Morgan fingerprint density at radius 1 is 1.15 bits per heavy atom. The number of anilines is 3. The largest absolute Gasteiger partial charge is 0.433 e. The second-order valence-electron chi connectivity index (χ2n) is 8.35. The molecule has 0 atom stereocenters. The Balaban J connectivity index is 1.43. The lowest BCUT2D eigenvalue weighted by Gasteiger charge is -2.40. The van der Waals surface area contributed by atoms with Gasteiger partial charge < -0.3 is 15.5 Å². The molecule has 0 saturated heterocycles. The molecule has 4 heterocycles. The molecule has 0 unspecified atom stereocenters. The van der Waals surface area contributed by atoms with Crippen molar-refractivity contribution in [1.29, 1.82) is 0 Å². The van der Waals surface area contributed by atoms with Gasteiger partial charge in [-0.05, 0) is 32.4 Å². The first-order valence-corrected chi connectivity index (χ1v) is 10.2. The van der Waals surface area contributed by atoms with Gasteiger partial charge in [0, 0.05) is 31.5 Å². The molecular formula is C21H23F3N8O. The van der Waals surface area contributed by atoms with Gasteiger partial charge >= 0.3 is 6.18 Å². The van der Waals surface area contributed by atoms with E-state index in [1.165, 1.54) is 12.3 Å². The van der Waals surface area contributed by atoms with Crippen molar-refractivity contribution in [2.45, 2.75) is 45.6 Å². The van der Waals surface area contributed by atoms with Crippen LogP contribution in [0.1, 0.15) is 36.4 Å². The van der Waals surface area contributed by atoms with Gasteiger partial charge in [0.2, 0.25) is 11.9 Å². The van der Waals surface area contributed by atoms with Crippen LogP contribution in [-0.4, -0.2) is 43.2 Å². The van der Waals surface area contributed by atoms with Crippen LogP contribution in [0, 0.1) is 6.92 Å². The van der Waals surface area contributed by atoms with Gasteiger partial charge in [0.05, 0.1) is 18.4 Å². The molecule has 4 rings (SSSR count). The van der Waals surface area contributed by atoms with Crippen molar-refractivity contribution in [2.24, 2.45) is 0 Å². The number of hydrogen-bond donors (Lipinski definition) is 2. The monoisotopic (exact) mass is 460 g/mol. The molecular weight excluding hydrogens is 437 g/mol. The molecule has 0 radical (unpaired) electrons. The van der Waals surface area contributed by atoms with Gasteiger partial charge in [-0.2, -0.15) is 23.3 Å². The molecule has 0 bridgehead atoms. The van der Waals surface area contributed by atoms with Crippen LogP contribution in [0.25, 0.3) is 0 Å². The number of hydrogen-bond acceptors (Lipinski definition) is 7. The SMILES string of the molecule is Cc1nc(NCc2cnn(Cc3ccc(C(F)(F)F)nc3)c2)nc2c1NC(=O)C(C)(C)N2C. The summed E-state index contributed by atoms with van der Waals surface area (Å²) in [7, 11) is 1.81. The van der Waals surface area contributed by atoms with Crippen LogP contribution < -0.4 is 15.5 Å². The first-order chi connectivity index (χ1) is 15.4. The third-order valence-corrected chi connectivity index (χ3v) is 5.62. The van der Waals surface area contributed by atoms with E-state index in [-0.39, 0.29) is 5.91 Å². The Labute approximate surface area is 188 Å². The number of halogens is 3. The van der Waals surface area contributed by atoms with Gasteiger partial charge in [-0.1, -0.05) is 6.07 Å². The number of fused-ring (bicyclic) bond motifs is 1. The molecule has 9 nitrogen and oxygen atoms in total. The van der Waals surface area contributed by atoms with E-state index < -0.39 is 17.4 Å². The number of nitrogens with zero attached hydrogens (tertiary/aromatic N) is 6. The lowest BCUT2D eigenvalue weighted by molar-refractivity contribution is -0.141. The Morgan fingerprint density at radius 3 is 2.58 bits per heavy atom. The number of amides is 1. The summed E-state index contributed by atoms with van der Waals surface area (Å²) in [6.45, 7) is 6.11. The normalized spacial score (nSPS) is 15.2. The quantitative estimate of drug-likeness (QED) is 0.603. The van der Waals surface area contributed by atoms with E-state index in [1.54, 1.807) is 24.0 Å². The van der Waals surface area contributed by atoms with Crippen molar-refractivity contribution >= 4 is 23.4 Å². The van der Waals surface area contributed by atoms with E-state index in [4.69, 9.17) is 0 Å². The van der Waals surface area contributed by atoms with E-state index in [2.05, 4.69) is 30.7 Å². The zero-order chi connectivity index (χ0) is 24.0. The summed E-state index contributed by atoms with van der Waals surface area (Å²) in [6.07, 6.45) is 0.176. The topological polar surface area (TPSA) is 101 Å². The average Bonchev–Trinajstić information content (AvgIpc) is 3.19. The third kappa shape index (κ3) is 4.45. The summed E-state index contributed by atoms with van der Waals surface area (Å²) in [5, 5.41) is 10.3. The minimum Gasteiger partial charge on any atom is -0.350 e. The van der Waals surface area contributed by atoms with Crippen LogP contribution in [0.2, 0.25) is 0 Å². The lowest BCUT2D eigenvalue weighted by Crippen LogP contribution is -2.54. The number of alkyl halides is 3. The highest BCUT2D eigenvalue weighted by Gasteiger charge is 2.40. The zero-order valence-corrected chi connectivity index (χ0v) is 18.5. The van der Waals surface area contributed by atoms with E-state index in [9.17, 15) is 18.0 Å². The fourth-order valence-electron chi connectivity index (χ4n) is 3.35. The number of aryl methyl sites for hydroxylation is 1. The fraction of sp³-hybridized carbons (Fsp3) is 0.381. The zero-order valence-electron chi connectivity index (χ0n) is 18.5. The van der Waals surface area contributed by atoms with E-state index in [0.29, 0.717) is 41.8 Å². The Hall–Kier alpha value is -3.70. The van der Waals surface area contributed by atoms with Crippen LogP contribution in [0.4, 0.5) is 30.6 Å². The molecule has 1 aliphatic heterocycles. The number of likely N-dealkylation sites (N-methyl/N-ethyl adjacent to an activating group) is 1. The summed E-state index contributed by atoms with van der Waals surface area (Å²) >= 11 is 0. The number of rotatable bonds is 5. The molecule has 12 heteroatoms. The van der Waals surface area contributed by atoms with E-state index in [0.717, 1.165) is 11.6 Å². The molecule has 0 aliphatic carbocycles. The van der Waals surface area contributed by atoms with Crippen molar-refractivity contribution in [3.8, 4) is 0 Å². The summed E-state index contributed by atoms with van der Waals surface area (Å²) in [5.41, 5.74) is 1.00. The fourth-order valence-corrected chi connectivity index (χ4v) is 3.35. The predicted octanol–water partition coefficient (Wildman–Crippen LogP) is 3.22.